The minimum absolute atomic E-state index is 0.00651. The summed E-state index contributed by atoms with van der Waals surface area (Å²) in [6, 6.07) is 17.0. The minimum Gasteiger partial charge on any atom is -0.430 e. The van der Waals surface area contributed by atoms with E-state index < -0.39 is 16.0 Å². The van der Waals surface area contributed by atoms with Crippen LogP contribution in [0.5, 0.6) is 0 Å². The van der Waals surface area contributed by atoms with E-state index in [2.05, 4.69) is 18.2 Å². The number of hydrogen-bond acceptors (Lipinski definition) is 4. The third kappa shape index (κ3) is 4.65. The molecule has 5 nitrogen and oxygen atoms in total. The molecule has 31 heavy (non-hydrogen) atoms. The minimum atomic E-state index is -3.69. The Morgan fingerprint density at radius 1 is 1.10 bits per heavy atom. The molecule has 0 N–H and O–H groups in total. The van der Waals surface area contributed by atoms with Crippen molar-refractivity contribution in [2.24, 2.45) is 5.92 Å². The monoisotopic (exact) mass is 437 g/mol. The van der Waals surface area contributed by atoms with Crippen LogP contribution in [-0.2, 0) is 26.0 Å². The number of esters is 1. The van der Waals surface area contributed by atoms with Crippen LogP contribution in [0.3, 0.4) is 0 Å². The number of allylic oxidation sites excluding steroid dienone is 2. The second kappa shape index (κ2) is 8.81. The fourth-order valence-corrected chi connectivity index (χ4v) is 5.85. The molecule has 0 fully saturated rings. The largest absolute Gasteiger partial charge is 0.430 e. The summed E-state index contributed by atoms with van der Waals surface area (Å²) in [5.74, 6) is 0.0359. The van der Waals surface area contributed by atoms with Crippen LogP contribution in [0.25, 0.3) is 0 Å². The number of nitrogens with zero attached hydrogens (tertiary/aromatic N) is 1. The quantitative estimate of drug-likeness (QED) is 0.651. The van der Waals surface area contributed by atoms with Gasteiger partial charge in [-0.25, -0.2) is 8.42 Å². The average molecular weight is 438 g/mol. The lowest BCUT2D eigenvalue weighted by molar-refractivity contribution is -0.137. The molecule has 0 amide bonds. The Morgan fingerprint density at radius 3 is 2.48 bits per heavy atom. The van der Waals surface area contributed by atoms with Crippen molar-refractivity contribution in [1.29, 1.82) is 0 Å². The number of fused-ring (bicyclic) bond motifs is 1. The van der Waals surface area contributed by atoms with E-state index in [9.17, 15) is 13.2 Å². The van der Waals surface area contributed by atoms with Crippen LogP contribution in [-0.4, -0.2) is 31.8 Å². The van der Waals surface area contributed by atoms with E-state index >= 15 is 0 Å². The van der Waals surface area contributed by atoms with Crippen molar-refractivity contribution in [2.75, 3.05) is 13.1 Å². The molecule has 0 bridgehead atoms. The molecule has 0 saturated heterocycles. The summed E-state index contributed by atoms with van der Waals surface area (Å²) >= 11 is 0. The number of benzene rings is 2. The van der Waals surface area contributed by atoms with Gasteiger partial charge in [0, 0.05) is 19.4 Å². The molecular formula is C25H27NO4S. The second-order valence-corrected chi connectivity index (χ2v) is 10.1. The molecule has 0 spiro atoms. The van der Waals surface area contributed by atoms with Gasteiger partial charge in [0.2, 0.25) is 10.0 Å². The molecule has 1 aliphatic carbocycles. The Labute approximate surface area is 184 Å². The Bertz CT molecular complexity index is 1130. The van der Waals surface area contributed by atoms with Crippen LogP contribution < -0.4 is 0 Å². The van der Waals surface area contributed by atoms with Gasteiger partial charge in [-0.15, -0.1) is 0 Å². The van der Waals surface area contributed by atoms with Crippen molar-refractivity contribution < 1.29 is 17.9 Å². The first-order valence-electron chi connectivity index (χ1n) is 10.6. The van der Waals surface area contributed by atoms with Gasteiger partial charge in [0.25, 0.3) is 0 Å². The molecule has 0 saturated carbocycles. The summed E-state index contributed by atoms with van der Waals surface area (Å²) < 4.78 is 33.7. The van der Waals surface area contributed by atoms with Crippen molar-refractivity contribution in [1.82, 2.24) is 4.31 Å². The van der Waals surface area contributed by atoms with E-state index in [1.165, 1.54) is 16.8 Å². The number of sulfonamides is 1. The number of carbonyl (C=O) groups is 1. The standard InChI is InChI=1S/C25H27NO4S/c1-18-11-13-23(14-12-18)31(28,29)26-16-22-10-6-9-21(15-20-7-4-3-5-8-20)25(22)24(17-26)30-19(2)27/h3-5,7-9,11-14,22H,6,10,15-17H2,1-2H3. The first-order chi connectivity index (χ1) is 14.8. The highest BCUT2D eigenvalue weighted by Crippen LogP contribution is 2.39. The molecule has 2 aromatic rings. The Kier molecular flexibility index (Phi) is 6.12. The molecule has 0 radical (unpaired) electrons. The van der Waals surface area contributed by atoms with E-state index in [0.29, 0.717) is 12.3 Å². The summed E-state index contributed by atoms with van der Waals surface area (Å²) in [5, 5.41) is 0. The van der Waals surface area contributed by atoms with E-state index in [4.69, 9.17) is 4.74 Å². The van der Waals surface area contributed by atoms with E-state index in [0.717, 1.165) is 36.0 Å². The average Bonchev–Trinajstić information content (AvgIpc) is 2.74. The molecule has 1 aliphatic heterocycles. The van der Waals surface area contributed by atoms with Crippen molar-refractivity contribution in [2.45, 2.75) is 38.0 Å². The molecule has 1 atom stereocenters. The predicted octanol–water partition coefficient (Wildman–Crippen LogP) is 4.40. The Morgan fingerprint density at radius 2 is 1.81 bits per heavy atom. The van der Waals surface area contributed by atoms with Gasteiger partial charge in [0.05, 0.1) is 11.4 Å². The van der Waals surface area contributed by atoms with Gasteiger partial charge in [-0.3, -0.25) is 4.79 Å². The Balaban J connectivity index is 1.70. The fourth-order valence-electron chi connectivity index (χ4n) is 4.41. The van der Waals surface area contributed by atoms with Gasteiger partial charge >= 0.3 is 5.97 Å². The zero-order valence-electron chi connectivity index (χ0n) is 17.9. The van der Waals surface area contributed by atoms with Crippen molar-refractivity contribution in [3.8, 4) is 0 Å². The maximum absolute atomic E-state index is 13.3. The van der Waals surface area contributed by atoms with Gasteiger partial charge in [-0.2, -0.15) is 4.31 Å². The van der Waals surface area contributed by atoms with Gasteiger partial charge in [0.15, 0.2) is 0 Å². The van der Waals surface area contributed by atoms with E-state index in [-0.39, 0.29) is 17.4 Å². The summed E-state index contributed by atoms with van der Waals surface area (Å²) in [7, 11) is -3.69. The first-order valence-corrected chi connectivity index (χ1v) is 12.0. The lowest BCUT2D eigenvalue weighted by atomic mass is 9.79. The number of carbonyl (C=O) groups excluding carboxylic acids is 1. The molecule has 0 aromatic heterocycles. The smallest absolute Gasteiger partial charge is 0.307 e. The van der Waals surface area contributed by atoms with Gasteiger partial charge in [-0.1, -0.05) is 54.1 Å². The zero-order chi connectivity index (χ0) is 22.0. The molecular weight excluding hydrogens is 410 g/mol. The highest BCUT2D eigenvalue weighted by molar-refractivity contribution is 7.89. The summed E-state index contributed by atoms with van der Waals surface area (Å²) in [4.78, 5) is 12.1. The highest BCUT2D eigenvalue weighted by atomic mass is 32.2. The zero-order valence-corrected chi connectivity index (χ0v) is 18.7. The van der Waals surface area contributed by atoms with Crippen LogP contribution in [0.1, 0.15) is 30.9 Å². The second-order valence-electron chi connectivity index (χ2n) is 8.21. The molecule has 6 heteroatoms. The van der Waals surface area contributed by atoms with Crippen LogP contribution >= 0.6 is 0 Å². The summed E-state index contributed by atoms with van der Waals surface area (Å²) in [6.07, 6.45) is 4.65. The lowest BCUT2D eigenvalue weighted by Crippen LogP contribution is -2.43. The molecule has 1 unspecified atom stereocenters. The van der Waals surface area contributed by atoms with E-state index in [1.807, 2.05) is 25.1 Å². The molecule has 1 heterocycles. The highest BCUT2D eigenvalue weighted by Gasteiger charge is 2.38. The normalized spacial score (nSPS) is 19.5. The summed E-state index contributed by atoms with van der Waals surface area (Å²) in [5.41, 5.74) is 4.31. The summed E-state index contributed by atoms with van der Waals surface area (Å²) in [6.45, 7) is 3.74. The predicted molar refractivity (Wildman–Crippen MR) is 120 cm³/mol. The molecule has 4 rings (SSSR count). The lowest BCUT2D eigenvalue weighted by Gasteiger charge is -2.38. The number of ether oxygens (including phenoxy) is 1. The third-order valence-electron chi connectivity index (χ3n) is 5.87. The molecule has 2 aliphatic rings. The number of hydrogen-bond donors (Lipinski definition) is 0. The van der Waals surface area contributed by atoms with Gasteiger partial charge < -0.3 is 4.74 Å². The van der Waals surface area contributed by atoms with Crippen LogP contribution in [0.4, 0.5) is 0 Å². The maximum atomic E-state index is 13.3. The van der Waals surface area contributed by atoms with Crippen LogP contribution in [0.15, 0.2) is 82.5 Å². The topological polar surface area (TPSA) is 63.7 Å². The van der Waals surface area contributed by atoms with E-state index in [1.54, 1.807) is 24.3 Å². The van der Waals surface area contributed by atoms with Crippen molar-refractivity contribution in [3.05, 3.63) is 88.7 Å². The van der Waals surface area contributed by atoms with Crippen LogP contribution in [0.2, 0.25) is 0 Å². The molecule has 162 valence electrons. The van der Waals surface area contributed by atoms with Gasteiger partial charge in [-0.05, 0) is 55.0 Å². The Hall–Kier alpha value is -2.70. The SMILES string of the molecule is CC(=O)OC1=C2C(Cc3ccccc3)=CCCC2CN(S(=O)(=O)c2ccc(C)cc2)C1. The third-order valence-corrected chi connectivity index (χ3v) is 7.69. The van der Waals surface area contributed by atoms with Gasteiger partial charge in [0.1, 0.15) is 5.76 Å². The number of aryl methyl sites for hydroxylation is 1. The maximum Gasteiger partial charge on any atom is 0.307 e. The van der Waals surface area contributed by atoms with Crippen LogP contribution in [0, 0.1) is 12.8 Å². The number of rotatable bonds is 5. The van der Waals surface area contributed by atoms with Crippen molar-refractivity contribution in [3.63, 3.8) is 0 Å². The van der Waals surface area contributed by atoms with Crippen molar-refractivity contribution >= 4 is 16.0 Å². The first kappa shape index (κ1) is 21.5. The molecule has 2 aromatic carbocycles. The fraction of sp³-hybridized carbons (Fsp3) is 0.320.